The molecule has 1 aromatic rings. The second-order valence-electron chi connectivity index (χ2n) is 4.49. The van der Waals surface area contributed by atoms with Gasteiger partial charge in [-0.3, -0.25) is 4.79 Å². The summed E-state index contributed by atoms with van der Waals surface area (Å²) >= 11 is 1.60. The van der Waals surface area contributed by atoms with Gasteiger partial charge in [-0.2, -0.15) is 0 Å². The zero-order valence-corrected chi connectivity index (χ0v) is 11.2. The second kappa shape index (κ2) is 4.55. The molecule has 3 nitrogen and oxygen atoms in total. The van der Waals surface area contributed by atoms with Crippen LogP contribution in [0.1, 0.15) is 11.3 Å². The van der Waals surface area contributed by atoms with Gasteiger partial charge in [0.05, 0.1) is 0 Å². The molecule has 0 amide bonds. The highest BCUT2D eigenvalue weighted by molar-refractivity contribution is 7.13. The maximum atomic E-state index is 11.0. The van der Waals surface area contributed by atoms with Gasteiger partial charge in [0.15, 0.2) is 0 Å². The lowest BCUT2D eigenvalue weighted by Crippen LogP contribution is -2.02. The van der Waals surface area contributed by atoms with Crippen LogP contribution in [0, 0.1) is 6.92 Å². The molecule has 0 spiro atoms. The van der Waals surface area contributed by atoms with E-state index in [0.717, 1.165) is 21.8 Å². The second-order valence-corrected chi connectivity index (χ2v) is 5.40. The molecule has 0 fully saturated rings. The largest absolute Gasteiger partial charge is 0.481 e. The van der Waals surface area contributed by atoms with Crippen LogP contribution in [0.3, 0.4) is 0 Å². The van der Waals surface area contributed by atoms with E-state index in [9.17, 15) is 4.79 Å². The summed E-state index contributed by atoms with van der Waals surface area (Å²) in [6.45, 7) is 2.02. The topological polar surface area (TPSA) is 50.4 Å². The Balaban J connectivity index is 2.20. The first-order valence-corrected chi connectivity index (χ1v) is 6.80. The van der Waals surface area contributed by atoms with Crippen LogP contribution in [0.2, 0.25) is 0 Å². The van der Waals surface area contributed by atoms with Gasteiger partial charge in [0, 0.05) is 16.0 Å². The summed E-state index contributed by atoms with van der Waals surface area (Å²) in [6, 6.07) is 9.78. The molecule has 1 aliphatic heterocycles. The maximum Gasteiger partial charge on any atom is 0.311 e. The molecule has 0 saturated carbocycles. The third kappa shape index (κ3) is 2.27. The van der Waals surface area contributed by atoms with Crippen LogP contribution in [0.25, 0.3) is 21.8 Å². The van der Waals surface area contributed by atoms with E-state index < -0.39 is 5.97 Å². The number of carboxylic acid groups (broad SMARTS) is 1. The Hall–Kier alpha value is -2.07. The number of carbonyl (C=O) groups is 1. The van der Waals surface area contributed by atoms with E-state index in [4.69, 9.17) is 9.52 Å². The van der Waals surface area contributed by atoms with Gasteiger partial charge in [-0.15, -0.1) is 11.3 Å². The number of hydrogen-bond acceptors (Lipinski definition) is 3. The summed E-state index contributed by atoms with van der Waals surface area (Å²) in [5, 5.41) is 11.1. The van der Waals surface area contributed by atoms with Crippen molar-refractivity contribution in [3.05, 3.63) is 47.0 Å². The quantitative estimate of drug-likeness (QED) is 0.782. The predicted octanol–water partition coefficient (Wildman–Crippen LogP) is 4.05. The van der Waals surface area contributed by atoms with Crippen LogP contribution >= 0.6 is 11.3 Å². The van der Waals surface area contributed by atoms with E-state index in [2.05, 4.69) is 11.4 Å². The van der Waals surface area contributed by atoms with Gasteiger partial charge in [-0.05, 0) is 36.1 Å². The van der Waals surface area contributed by atoms with Crippen molar-refractivity contribution in [1.82, 2.24) is 0 Å². The monoisotopic (exact) mass is 272 g/mol. The number of aliphatic carboxylic acids is 1. The zero-order valence-electron chi connectivity index (χ0n) is 10.3. The summed E-state index contributed by atoms with van der Waals surface area (Å²) in [5.74, 6) is 0.352. The van der Waals surface area contributed by atoms with Crippen molar-refractivity contribution in [3.8, 4) is 21.8 Å². The molecule has 0 aromatic carbocycles. The molecule has 0 unspecified atom stereocenters. The van der Waals surface area contributed by atoms with Crippen molar-refractivity contribution in [1.29, 1.82) is 0 Å². The maximum absolute atomic E-state index is 11.0. The predicted molar refractivity (Wildman–Crippen MR) is 74.7 cm³/mol. The lowest BCUT2D eigenvalue weighted by atomic mass is 10.1. The minimum absolute atomic E-state index is 0.104. The molecule has 19 heavy (non-hydrogen) atoms. The molecule has 2 aliphatic rings. The molecule has 0 radical (unpaired) electrons. The smallest absolute Gasteiger partial charge is 0.311 e. The molecule has 2 heterocycles. The average molecular weight is 272 g/mol. The molecule has 96 valence electrons. The van der Waals surface area contributed by atoms with Crippen LogP contribution in [-0.4, -0.2) is 11.1 Å². The number of fused-ring (bicyclic) bond motifs is 1. The Bertz CT molecular complexity index is 708. The fraction of sp³-hybridized carbons (Fsp3) is 0.133. The van der Waals surface area contributed by atoms with Gasteiger partial charge in [-0.1, -0.05) is 12.1 Å². The number of aryl methyl sites for hydroxylation is 1. The van der Waals surface area contributed by atoms with Crippen LogP contribution in [0.4, 0.5) is 0 Å². The summed E-state index contributed by atoms with van der Waals surface area (Å²) in [6.07, 6.45) is -0.104. The molecule has 0 atom stereocenters. The van der Waals surface area contributed by atoms with Gasteiger partial charge < -0.3 is 9.52 Å². The van der Waals surface area contributed by atoms with E-state index in [-0.39, 0.29) is 6.42 Å². The van der Waals surface area contributed by atoms with Gasteiger partial charge in [0.25, 0.3) is 0 Å². The van der Waals surface area contributed by atoms with Gasteiger partial charge in [-0.25, -0.2) is 0 Å². The van der Waals surface area contributed by atoms with Crippen LogP contribution in [-0.2, 0) is 11.2 Å². The van der Waals surface area contributed by atoms with Crippen LogP contribution < -0.4 is 0 Å². The molecule has 3 rings (SSSR count). The van der Waals surface area contributed by atoms with E-state index in [1.807, 2.05) is 31.2 Å². The van der Waals surface area contributed by atoms with Crippen LogP contribution in [0.15, 0.2) is 40.1 Å². The van der Waals surface area contributed by atoms with E-state index in [0.29, 0.717) is 5.76 Å². The SMILES string of the molecule is Cc1csc(-c2cc3cccc-3oc2CC(=O)O)c1. The third-order valence-corrected chi connectivity index (χ3v) is 4.03. The molecular weight excluding hydrogens is 260 g/mol. The molecular formula is C15H12O3S. The van der Waals surface area contributed by atoms with Gasteiger partial charge in [0.1, 0.15) is 17.9 Å². The van der Waals surface area contributed by atoms with Crippen molar-refractivity contribution < 1.29 is 14.3 Å². The van der Waals surface area contributed by atoms with Crippen molar-refractivity contribution in [3.63, 3.8) is 0 Å². The zero-order chi connectivity index (χ0) is 13.4. The summed E-state index contributed by atoms with van der Waals surface area (Å²) in [4.78, 5) is 12.0. The fourth-order valence-corrected chi connectivity index (χ4v) is 3.04. The lowest BCUT2D eigenvalue weighted by molar-refractivity contribution is -0.136. The normalized spacial score (nSPS) is 11.0. The Morgan fingerprint density at radius 3 is 2.89 bits per heavy atom. The highest BCUT2D eigenvalue weighted by atomic mass is 32.1. The lowest BCUT2D eigenvalue weighted by Gasteiger charge is -2.09. The van der Waals surface area contributed by atoms with E-state index in [1.165, 1.54) is 5.56 Å². The first-order valence-electron chi connectivity index (χ1n) is 5.92. The van der Waals surface area contributed by atoms with E-state index in [1.54, 1.807) is 11.3 Å². The Kier molecular flexibility index (Phi) is 2.87. The third-order valence-electron chi connectivity index (χ3n) is 2.95. The minimum Gasteiger partial charge on any atom is -0.481 e. The summed E-state index contributed by atoms with van der Waals surface area (Å²) in [7, 11) is 0. The molecule has 1 aliphatic carbocycles. The summed E-state index contributed by atoms with van der Waals surface area (Å²) < 4.78 is 5.73. The van der Waals surface area contributed by atoms with Gasteiger partial charge in [0.2, 0.25) is 0 Å². The number of rotatable bonds is 3. The Morgan fingerprint density at radius 2 is 2.21 bits per heavy atom. The summed E-state index contributed by atoms with van der Waals surface area (Å²) in [5.41, 5.74) is 3.04. The Morgan fingerprint density at radius 1 is 1.37 bits per heavy atom. The first kappa shape index (κ1) is 12.0. The number of thiophene rings is 1. The molecule has 0 saturated heterocycles. The molecule has 1 aromatic heterocycles. The van der Waals surface area contributed by atoms with Crippen molar-refractivity contribution >= 4 is 17.3 Å². The van der Waals surface area contributed by atoms with Crippen molar-refractivity contribution in [2.45, 2.75) is 13.3 Å². The van der Waals surface area contributed by atoms with Crippen molar-refractivity contribution in [2.24, 2.45) is 0 Å². The minimum atomic E-state index is -0.885. The fourth-order valence-electron chi connectivity index (χ4n) is 2.10. The number of carboxylic acids is 1. The highest BCUT2D eigenvalue weighted by Crippen LogP contribution is 2.36. The van der Waals surface area contributed by atoms with E-state index >= 15 is 0 Å². The molecule has 4 heteroatoms. The first-order chi connectivity index (χ1) is 9.13. The highest BCUT2D eigenvalue weighted by Gasteiger charge is 2.17. The van der Waals surface area contributed by atoms with Crippen LogP contribution in [0.5, 0.6) is 0 Å². The van der Waals surface area contributed by atoms with Crippen molar-refractivity contribution in [2.75, 3.05) is 0 Å². The molecule has 0 bridgehead atoms. The standard InChI is InChI=1S/C15H12O3S/c1-9-5-14(19-8-9)11-6-10-3-2-4-12(10)18-13(11)7-15(16)17/h2-6,8H,7H2,1H3,(H,16,17). The Labute approximate surface area is 114 Å². The molecule has 1 N–H and O–H groups in total. The number of hydrogen-bond donors (Lipinski definition) is 1. The van der Waals surface area contributed by atoms with Gasteiger partial charge >= 0.3 is 5.97 Å². The average Bonchev–Trinajstić information content (AvgIpc) is 2.95.